The smallest absolute Gasteiger partial charge is 0.138 e. The number of benzene rings is 1. The van der Waals surface area contributed by atoms with Crippen molar-refractivity contribution in [2.45, 2.75) is 26.2 Å². The van der Waals surface area contributed by atoms with Crippen LogP contribution < -0.4 is 15.4 Å². The van der Waals surface area contributed by atoms with Crippen LogP contribution in [0.2, 0.25) is 0 Å². The van der Waals surface area contributed by atoms with Crippen molar-refractivity contribution in [3.63, 3.8) is 0 Å². The fraction of sp³-hybridized carbons (Fsp3) is 0.375. The maximum absolute atomic E-state index is 5.93. The van der Waals surface area contributed by atoms with Gasteiger partial charge in [0, 0.05) is 30.3 Å². The van der Waals surface area contributed by atoms with Crippen molar-refractivity contribution in [2.24, 2.45) is 0 Å². The van der Waals surface area contributed by atoms with Crippen molar-refractivity contribution in [3.8, 4) is 5.75 Å². The third-order valence-corrected chi connectivity index (χ3v) is 3.19. The molecule has 0 saturated carbocycles. The first-order valence-corrected chi connectivity index (χ1v) is 6.84. The average Bonchev–Trinajstić information content (AvgIpc) is 2.45. The Morgan fingerprint density at radius 3 is 2.48 bits per heavy atom. The number of hydrogen-bond donors (Lipinski definition) is 1. The summed E-state index contributed by atoms with van der Waals surface area (Å²) in [6.45, 7) is 6.20. The van der Waals surface area contributed by atoms with E-state index in [0.29, 0.717) is 5.82 Å². The van der Waals surface area contributed by atoms with Crippen molar-refractivity contribution >= 4 is 17.3 Å². The molecule has 0 radical (unpaired) electrons. The van der Waals surface area contributed by atoms with Crippen LogP contribution in [-0.4, -0.2) is 24.1 Å². The molecular weight excluding hydrogens is 264 g/mol. The zero-order valence-corrected chi connectivity index (χ0v) is 13.2. The Hall–Kier alpha value is -2.30. The number of aromatic nitrogens is 2. The summed E-state index contributed by atoms with van der Waals surface area (Å²) < 4.78 is 5.26. The van der Waals surface area contributed by atoms with E-state index in [1.54, 1.807) is 13.2 Å². The molecule has 0 bridgehead atoms. The fourth-order valence-electron chi connectivity index (χ4n) is 1.91. The lowest BCUT2D eigenvalue weighted by Crippen LogP contribution is -2.20. The molecule has 1 aromatic carbocycles. The van der Waals surface area contributed by atoms with Crippen molar-refractivity contribution in [1.29, 1.82) is 0 Å². The highest BCUT2D eigenvalue weighted by Crippen LogP contribution is 2.28. The van der Waals surface area contributed by atoms with E-state index in [9.17, 15) is 0 Å². The van der Waals surface area contributed by atoms with Gasteiger partial charge < -0.3 is 15.4 Å². The monoisotopic (exact) mass is 286 g/mol. The fourth-order valence-corrected chi connectivity index (χ4v) is 1.91. The Labute approximate surface area is 125 Å². The van der Waals surface area contributed by atoms with Crippen LogP contribution in [0.15, 0.2) is 30.3 Å². The Balaban J connectivity index is 2.43. The van der Waals surface area contributed by atoms with Crippen molar-refractivity contribution in [3.05, 3.63) is 36.2 Å². The summed E-state index contributed by atoms with van der Waals surface area (Å²) in [6.07, 6.45) is 0. The molecule has 2 rings (SSSR count). The van der Waals surface area contributed by atoms with Crippen molar-refractivity contribution in [1.82, 2.24) is 9.97 Å². The van der Waals surface area contributed by atoms with Gasteiger partial charge in [0.25, 0.3) is 0 Å². The summed E-state index contributed by atoms with van der Waals surface area (Å²) in [5.41, 5.74) is 6.75. The predicted molar refractivity (Wildman–Crippen MR) is 86.2 cm³/mol. The molecule has 2 aromatic rings. The molecule has 0 atom stereocenters. The van der Waals surface area contributed by atoms with Gasteiger partial charge in [-0.05, 0) is 12.1 Å². The summed E-state index contributed by atoms with van der Waals surface area (Å²) in [7, 11) is 3.60. The molecule has 0 spiro atoms. The molecule has 0 aliphatic heterocycles. The van der Waals surface area contributed by atoms with E-state index in [2.05, 4.69) is 30.7 Å². The first-order chi connectivity index (χ1) is 9.81. The third kappa shape index (κ3) is 3.42. The first kappa shape index (κ1) is 15.1. The minimum Gasteiger partial charge on any atom is -0.497 e. The van der Waals surface area contributed by atoms with Crippen LogP contribution >= 0.6 is 0 Å². The zero-order valence-electron chi connectivity index (χ0n) is 13.2. The van der Waals surface area contributed by atoms with Crippen LogP contribution in [0.25, 0.3) is 0 Å². The number of nitrogens with zero attached hydrogens (tertiary/aromatic N) is 3. The maximum atomic E-state index is 5.93. The van der Waals surface area contributed by atoms with Gasteiger partial charge in [0.05, 0.1) is 7.11 Å². The van der Waals surface area contributed by atoms with Gasteiger partial charge in [-0.1, -0.05) is 26.8 Å². The average molecular weight is 286 g/mol. The number of nitrogen functional groups attached to an aromatic ring is 1. The molecule has 0 amide bonds. The number of ether oxygens (including phenoxy) is 1. The van der Waals surface area contributed by atoms with Gasteiger partial charge in [-0.15, -0.1) is 0 Å². The lowest BCUT2D eigenvalue weighted by atomic mass is 9.96. The predicted octanol–water partition coefficient (Wildman–Crippen LogP) is 3.13. The van der Waals surface area contributed by atoms with Crippen LogP contribution in [0.3, 0.4) is 0 Å². The van der Waals surface area contributed by atoms with Crippen LogP contribution in [-0.2, 0) is 5.41 Å². The summed E-state index contributed by atoms with van der Waals surface area (Å²) in [5.74, 6) is 2.77. The van der Waals surface area contributed by atoms with Gasteiger partial charge in [0.1, 0.15) is 23.2 Å². The molecular formula is C16H22N4O. The molecule has 21 heavy (non-hydrogen) atoms. The second-order valence-electron chi connectivity index (χ2n) is 5.99. The summed E-state index contributed by atoms with van der Waals surface area (Å²) in [4.78, 5) is 10.9. The van der Waals surface area contributed by atoms with Crippen molar-refractivity contribution < 1.29 is 4.74 Å². The van der Waals surface area contributed by atoms with E-state index in [1.165, 1.54) is 0 Å². The van der Waals surface area contributed by atoms with E-state index < -0.39 is 0 Å². The highest BCUT2D eigenvalue weighted by atomic mass is 16.5. The summed E-state index contributed by atoms with van der Waals surface area (Å²) >= 11 is 0. The highest BCUT2D eigenvalue weighted by molar-refractivity contribution is 5.62. The number of nitrogens with two attached hydrogens (primary N) is 1. The Bertz CT molecular complexity index is 634. The number of hydrogen-bond acceptors (Lipinski definition) is 5. The van der Waals surface area contributed by atoms with E-state index in [4.69, 9.17) is 10.5 Å². The summed E-state index contributed by atoms with van der Waals surface area (Å²) in [6, 6.07) is 9.58. The Kier molecular flexibility index (Phi) is 4.02. The third-order valence-electron chi connectivity index (χ3n) is 3.19. The largest absolute Gasteiger partial charge is 0.497 e. The quantitative estimate of drug-likeness (QED) is 0.939. The molecule has 0 aliphatic rings. The lowest BCUT2D eigenvalue weighted by Gasteiger charge is -2.23. The van der Waals surface area contributed by atoms with Crippen LogP contribution in [0.5, 0.6) is 5.75 Å². The Morgan fingerprint density at radius 2 is 1.86 bits per heavy atom. The van der Waals surface area contributed by atoms with Gasteiger partial charge in [-0.25, -0.2) is 9.97 Å². The molecule has 2 N–H and O–H groups in total. The SMILES string of the molecule is COc1cccc(N(C)c2cc(N)nc(C(C)(C)C)n2)c1. The van der Waals surface area contributed by atoms with Crippen LogP contribution in [0.4, 0.5) is 17.3 Å². The molecule has 5 nitrogen and oxygen atoms in total. The standard InChI is InChI=1S/C16H22N4O/c1-16(2,3)15-18-13(17)10-14(19-15)20(4)11-7-6-8-12(9-11)21-5/h6-10H,1-5H3,(H2,17,18,19). The minimum atomic E-state index is -0.153. The number of methoxy groups -OCH3 is 1. The molecule has 0 saturated heterocycles. The molecule has 0 fully saturated rings. The van der Waals surface area contributed by atoms with Gasteiger partial charge >= 0.3 is 0 Å². The molecule has 1 heterocycles. The summed E-state index contributed by atoms with van der Waals surface area (Å²) in [5, 5.41) is 0. The van der Waals surface area contributed by atoms with Crippen molar-refractivity contribution in [2.75, 3.05) is 24.8 Å². The molecule has 0 aliphatic carbocycles. The topological polar surface area (TPSA) is 64.3 Å². The van der Waals surface area contributed by atoms with E-state index >= 15 is 0 Å². The van der Waals surface area contributed by atoms with E-state index in [1.807, 2.05) is 36.2 Å². The molecule has 0 unspecified atom stereocenters. The van der Waals surface area contributed by atoms with E-state index in [0.717, 1.165) is 23.1 Å². The van der Waals surface area contributed by atoms with Gasteiger partial charge in [0.2, 0.25) is 0 Å². The second-order valence-corrected chi connectivity index (χ2v) is 5.99. The number of rotatable bonds is 3. The van der Waals surface area contributed by atoms with Gasteiger partial charge in [-0.3, -0.25) is 0 Å². The first-order valence-electron chi connectivity index (χ1n) is 6.84. The molecule has 1 aromatic heterocycles. The number of anilines is 3. The lowest BCUT2D eigenvalue weighted by molar-refractivity contribution is 0.415. The van der Waals surface area contributed by atoms with Gasteiger partial charge in [0.15, 0.2) is 0 Å². The molecule has 5 heteroatoms. The van der Waals surface area contributed by atoms with Gasteiger partial charge in [-0.2, -0.15) is 0 Å². The normalized spacial score (nSPS) is 11.3. The molecule has 112 valence electrons. The minimum absolute atomic E-state index is 0.153. The van der Waals surface area contributed by atoms with Crippen LogP contribution in [0, 0.1) is 0 Å². The van der Waals surface area contributed by atoms with E-state index in [-0.39, 0.29) is 5.41 Å². The zero-order chi connectivity index (χ0) is 15.6. The van der Waals surface area contributed by atoms with Crippen LogP contribution in [0.1, 0.15) is 26.6 Å². The highest BCUT2D eigenvalue weighted by Gasteiger charge is 2.20. The maximum Gasteiger partial charge on any atom is 0.138 e. The Morgan fingerprint density at radius 1 is 1.14 bits per heavy atom. The second kappa shape index (κ2) is 5.60.